The third-order valence-electron chi connectivity index (χ3n) is 6.23. The topological polar surface area (TPSA) is 95.9 Å². The first-order valence-corrected chi connectivity index (χ1v) is 10.3. The van der Waals surface area contributed by atoms with Gasteiger partial charge < -0.3 is 20.1 Å². The Hall–Kier alpha value is -2.22. The monoisotopic (exact) mass is 404 g/mol. The second kappa shape index (κ2) is 6.40. The number of β-lactam (4-membered cyclic amide) rings is 1. The third kappa shape index (κ3) is 2.53. The summed E-state index contributed by atoms with van der Waals surface area (Å²) in [7, 11) is 1.58. The number of fused-ring (bicyclic) bond motifs is 1. The Morgan fingerprint density at radius 1 is 1.29 bits per heavy atom. The van der Waals surface area contributed by atoms with Gasteiger partial charge in [0.1, 0.15) is 23.2 Å². The molecule has 3 unspecified atom stereocenters. The van der Waals surface area contributed by atoms with E-state index in [0.717, 1.165) is 12.0 Å². The summed E-state index contributed by atoms with van der Waals surface area (Å²) in [6, 6.07) is 5.92. The number of benzene rings is 1. The van der Waals surface area contributed by atoms with Crippen LogP contribution in [0.2, 0.25) is 0 Å². The molecule has 3 atom stereocenters. The van der Waals surface area contributed by atoms with Gasteiger partial charge in [0.25, 0.3) is 0 Å². The Labute approximate surface area is 167 Å². The minimum absolute atomic E-state index is 0.182. The number of rotatable bonds is 5. The van der Waals surface area contributed by atoms with Crippen LogP contribution in [0.1, 0.15) is 38.7 Å². The number of carbonyl (C=O) groups excluding carboxylic acids is 2. The molecule has 2 aliphatic heterocycles. The molecule has 1 saturated carbocycles. The maximum Gasteiger partial charge on any atom is 0.327 e. The number of aliphatic carboxylic acids is 1. The van der Waals surface area contributed by atoms with Crippen LogP contribution in [0.25, 0.3) is 0 Å². The summed E-state index contributed by atoms with van der Waals surface area (Å²) in [6.07, 6.45) is 2.33. The fourth-order valence-corrected chi connectivity index (χ4v) is 6.24. The highest BCUT2D eigenvalue weighted by Gasteiger charge is 2.65. The summed E-state index contributed by atoms with van der Waals surface area (Å²) in [4.78, 5) is 39.0. The molecule has 0 radical (unpaired) electrons. The Balaban J connectivity index is 1.56. The molecular formula is C20H24N2O5S. The number of amides is 2. The molecule has 4 rings (SSSR count). The number of carboxylic acids is 1. The maximum absolute atomic E-state index is 13.3. The summed E-state index contributed by atoms with van der Waals surface area (Å²) in [5, 5.41) is 12.1. The molecule has 2 saturated heterocycles. The maximum atomic E-state index is 13.3. The second-order valence-electron chi connectivity index (χ2n) is 8.19. The first-order valence-electron chi connectivity index (χ1n) is 9.40. The van der Waals surface area contributed by atoms with Crippen molar-refractivity contribution in [3.05, 3.63) is 29.8 Å². The zero-order valence-corrected chi connectivity index (χ0v) is 16.9. The molecule has 3 aliphatic rings. The molecular weight excluding hydrogens is 380 g/mol. The molecule has 1 aromatic rings. The molecule has 3 fully saturated rings. The number of carboxylic acid groups (broad SMARTS) is 1. The van der Waals surface area contributed by atoms with Gasteiger partial charge >= 0.3 is 5.97 Å². The molecule has 0 spiro atoms. The average molecular weight is 404 g/mol. The van der Waals surface area contributed by atoms with Crippen molar-refractivity contribution in [3.63, 3.8) is 0 Å². The van der Waals surface area contributed by atoms with E-state index in [1.807, 2.05) is 38.1 Å². The highest BCUT2D eigenvalue weighted by molar-refractivity contribution is 8.01. The van der Waals surface area contributed by atoms with Crippen molar-refractivity contribution in [2.45, 2.75) is 60.7 Å². The van der Waals surface area contributed by atoms with Crippen molar-refractivity contribution >= 4 is 29.5 Å². The Morgan fingerprint density at radius 2 is 1.96 bits per heavy atom. The highest BCUT2D eigenvalue weighted by atomic mass is 32.2. The SMILES string of the molecule is COc1ccccc1C1(C(=O)NC2C(=O)N3C2SC(C)(C)C3C(=O)O)CCC1. The van der Waals surface area contributed by atoms with Crippen LogP contribution in [0.4, 0.5) is 0 Å². The molecule has 1 aliphatic carbocycles. The van der Waals surface area contributed by atoms with Crippen LogP contribution in [-0.4, -0.2) is 57.1 Å². The smallest absolute Gasteiger partial charge is 0.327 e. The average Bonchev–Trinajstić information content (AvgIpc) is 2.87. The van der Waals surface area contributed by atoms with Crippen LogP contribution in [0.5, 0.6) is 5.75 Å². The van der Waals surface area contributed by atoms with E-state index >= 15 is 0 Å². The van der Waals surface area contributed by atoms with Crippen LogP contribution < -0.4 is 10.1 Å². The molecule has 28 heavy (non-hydrogen) atoms. The lowest BCUT2D eigenvalue weighted by Crippen LogP contribution is -2.72. The summed E-state index contributed by atoms with van der Waals surface area (Å²) < 4.78 is 4.85. The predicted molar refractivity (Wildman–Crippen MR) is 104 cm³/mol. The summed E-state index contributed by atoms with van der Waals surface area (Å²) in [5.41, 5.74) is 0.144. The van der Waals surface area contributed by atoms with Crippen LogP contribution in [0.15, 0.2) is 24.3 Å². The Morgan fingerprint density at radius 3 is 2.54 bits per heavy atom. The van der Waals surface area contributed by atoms with E-state index in [9.17, 15) is 19.5 Å². The zero-order valence-electron chi connectivity index (χ0n) is 16.1. The van der Waals surface area contributed by atoms with Crippen molar-refractivity contribution < 1.29 is 24.2 Å². The molecule has 0 aromatic heterocycles. The number of methoxy groups -OCH3 is 1. The van der Waals surface area contributed by atoms with Gasteiger partial charge in [0.2, 0.25) is 11.8 Å². The number of thioether (sulfide) groups is 1. The zero-order chi connectivity index (χ0) is 20.3. The van der Waals surface area contributed by atoms with Crippen molar-refractivity contribution in [2.75, 3.05) is 7.11 Å². The first-order chi connectivity index (χ1) is 13.2. The Bertz CT molecular complexity index is 851. The van der Waals surface area contributed by atoms with E-state index in [0.29, 0.717) is 18.6 Å². The molecule has 1 aromatic carbocycles. The Kier molecular flexibility index (Phi) is 4.37. The van der Waals surface area contributed by atoms with Crippen LogP contribution >= 0.6 is 11.8 Å². The second-order valence-corrected chi connectivity index (χ2v) is 9.96. The van der Waals surface area contributed by atoms with Crippen molar-refractivity contribution in [3.8, 4) is 5.75 Å². The lowest BCUT2D eigenvalue weighted by molar-refractivity contribution is -0.161. The standard InChI is InChI=1S/C20H24N2O5S/c1-19(2)14(17(24)25)22-15(23)13(16(22)28-19)21-18(26)20(9-6-10-20)11-7-4-5-8-12(11)27-3/h4-5,7-8,13-14,16H,6,9-10H2,1-3H3,(H,21,26)(H,24,25). The van der Waals surface area contributed by atoms with Gasteiger partial charge in [-0.1, -0.05) is 24.6 Å². The van der Waals surface area contributed by atoms with E-state index < -0.39 is 28.2 Å². The van der Waals surface area contributed by atoms with Gasteiger partial charge in [-0.05, 0) is 32.8 Å². The number of ether oxygens (including phenoxy) is 1. The van der Waals surface area contributed by atoms with Gasteiger partial charge in [0.15, 0.2) is 0 Å². The molecule has 0 bridgehead atoms. The van der Waals surface area contributed by atoms with Crippen LogP contribution in [-0.2, 0) is 19.8 Å². The highest BCUT2D eigenvalue weighted by Crippen LogP contribution is 2.52. The summed E-state index contributed by atoms with van der Waals surface area (Å²) in [6.45, 7) is 3.65. The molecule has 150 valence electrons. The number of nitrogens with zero attached hydrogens (tertiary/aromatic N) is 1. The van der Waals surface area contributed by atoms with Crippen LogP contribution in [0, 0.1) is 0 Å². The van der Waals surface area contributed by atoms with Gasteiger partial charge in [-0.3, -0.25) is 9.59 Å². The van der Waals surface area contributed by atoms with Crippen LogP contribution in [0.3, 0.4) is 0 Å². The summed E-state index contributed by atoms with van der Waals surface area (Å²) >= 11 is 1.43. The molecule has 2 N–H and O–H groups in total. The van der Waals surface area contributed by atoms with Crippen molar-refractivity contribution in [1.82, 2.24) is 10.2 Å². The molecule has 2 amide bonds. The number of hydrogen-bond acceptors (Lipinski definition) is 5. The molecule has 8 heteroatoms. The normalized spacial score (nSPS) is 29.3. The van der Waals surface area contributed by atoms with Gasteiger partial charge in [-0.15, -0.1) is 11.8 Å². The van der Waals surface area contributed by atoms with Gasteiger partial charge in [0, 0.05) is 10.3 Å². The fourth-order valence-electron chi connectivity index (χ4n) is 4.61. The number of para-hydroxylation sites is 1. The predicted octanol–water partition coefficient (Wildman–Crippen LogP) is 1.75. The van der Waals surface area contributed by atoms with E-state index in [-0.39, 0.29) is 17.2 Å². The summed E-state index contributed by atoms with van der Waals surface area (Å²) in [5.74, 6) is -0.847. The van der Waals surface area contributed by atoms with E-state index in [4.69, 9.17) is 4.74 Å². The third-order valence-corrected chi connectivity index (χ3v) is 7.80. The quantitative estimate of drug-likeness (QED) is 0.726. The minimum Gasteiger partial charge on any atom is -0.496 e. The van der Waals surface area contributed by atoms with Gasteiger partial charge in [-0.2, -0.15) is 0 Å². The van der Waals surface area contributed by atoms with E-state index in [1.165, 1.54) is 16.7 Å². The lowest BCUT2D eigenvalue weighted by atomic mass is 9.63. The molecule has 7 nitrogen and oxygen atoms in total. The van der Waals surface area contributed by atoms with E-state index in [2.05, 4.69) is 5.32 Å². The van der Waals surface area contributed by atoms with Gasteiger partial charge in [-0.25, -0.2) is 4.79 Å². The van der Waals surface area contributed by atoms with Crippen molar-refractivity contribution in [2.24, 2.45) is 0 Å². The number of carbonyl (C=O) groups is 3. The van der Waals surface area contributed by atoms with Crippen molar-refractivity contribution in [1.29, 1.82) is 0 Å². The number of hydrogen-bond donors (Lipinski definition) is 2. The lowest BCUT2D eigenvalue weighted by Gasteiger charge is -2.47. The minimum atomic E-state index is -1.01. The van der Waals surface area contributed by atoms with Gasteiger partial charge in [0.05, 0.1) is 12.5 Å². The largest absolute Gasteiger partial charge is 0.496 e. The fraction of sp³-hybridized carbons (Fsp3) is 0.550. The first kappa shape index (κ1) is 19.1. The molecule has 2 heterocycles. The van der Waals surface area contributed by atoms with E-state index in [1.54, 1.807) is 7.11 Å². The number of nitrogens with one attached hydrogen (secondary N) is 1.